The van der Waals surface area contributed by atoms with Gasteiger partial charge in [-0.2, -0.15) is 0 Å². The predicted molar refractivity (Wildman–Crippen MR) is 103 cm³/mol. The highest BCUT2D eigenvalue weighted by Crippen LogP contribution is 2.26. The van der Waals surface area contributed by atoms with Crippen LogP contribution in [0, 0.1) is 0 Å². The van der Waals surface area contributed by atoms with E-state index in [9.17, 15) is 4.79 Å². The third-order valence-electron chi connectivity index (χ3n) is 4.60. The first-order valence-electron chi connectivity index (χ1n) is 9.22. The summed E-state index contributed by atoms with van der Waals surface area (Å²) in [5.74, 6) is -0.551. The van der Waals surface area contributed by atoms with E-state index in [1.54, 1.807) is 0 Å². The molecule has 2 aromatic carbocycles. The number of likely N-dealkylation sites (N-methyl/N-ethyl adjacent to an activating group) is 1. The fraction of sp³-hybridized carbons (Fsp3) is 0.409. The van der Waals surface area contributed by atoms with Crippen LogP contribution in [0.1, 0.15) is 44.2 Å². The molecule has 0 aromatic heterocycles. The lowest BCUT2D eigenvalue weighted by molar-refractivity contribution is -0.151. The maximum Gasteiger partial charge on any atom is 0.318 e. The summed E-state index contributed by atoms with van der Waals surface area (Å²) in [6.07, 6.45) is 0.737. The zero-order valence-electron chi connectivity index (χ0n) is 15.5. The molecule has 0 fully saturated rings. The Morgan fingerprint density at radius 2 is 1.36 bits per heavy atom. The molecule has 0 amide bonds. The van der Waals surface area contributed by atoms with E-state index in [0.29, 0.717) is 0 Å². The molecule has 3 nitrogen and oxygen atoms in total. The maximum atomic E-state index is 13.0. The molecule has 0 saturated heterocycles. The topological polar surface area (TPSA) is 29.5 Å². The van der Waals surface area contributed by atoms with Crippen molar-refractivity contribution in [3.63, 3.8) is 0 Å². The summed E-state index contributed by atoms with van der Waals surface area (Å²) >= 11 is 0. The number of rotatable bonds is 9. The second-order valence-electron chi connectivity index (χ2n) is 6.21. The van der Waals surface area contributed by atoms with E-state index in [0.717, 1.165) is 37.2 Å². The molecule has 0 N–H and O–H groups in total. The van der Waals surface area contributed by atoms with Crippen LogP contribution in [0.5, 0.6) is 0 Å². The van der Waals surface area contributed by atoms with Gasteiger partial charge in [-0.15, -0.1) is 0 Å². The molecule has 2 rings (SSSR count). The number of hydrogen-bond acceptors (Lipinski definition) is 3. The normalized spacial score (nSPS) is 12.4. The highest BCUT2D eigenvalue weighted by Gasteiger charge is 2.26. The largest absolute Gasteiger partial charge is 0.460 e. The first-order valence-corrected chi connectivity index (χ1v) is 9.22. The van der Waals surface area contributed by atoms with Gasteiger partial charge in [0.05, 0.1) is 0 Å². The van der Waals surface area contributed by atoms with Crippen LogP contribution in [0.25, 0.3) is 0 Å². The SMILES string of the molecule is CCC(CN(CC)CC)OC(=O)C(c1ccccc1)c1ccccc1. The Morgan fingerprint density at radius 3 is 1.76 bits per heavy atom. The molecule has 134 valence electrons. The minimum absolute atomic E-state index is 0.0812. The van der Waals surface area contributed by atoms with Crippen molar-refractivity contribution >= 4 is 5.97 Å². The standard InChI is InChI=1S/C22H29NO2/c1-4-20(17-23(5-2)6-3)25-22(24)21(18-13-9-7-10-14-18)19-15-11-8-12-16-19/h7-16,20-21H,4-6,17H2,1-3H3. The highest BCUT2D eigenvalue weighted by molar-refractivity contribution is 5.82. The van der Waals surface area contributed by atoms with Gasteiger partial charge in [0.2, 0.25) is 0 Å². The summed E-state index contributed by atoms with van der Waals surface area (Å²) in [5.41, 5.74) is 1.94. The maximum absolute atomic E-state index is 13.0. The number of esters is 1. The highest BCUT2D eigenvalue weighted by atomic mass is 16.5. The minimum atomic E-state index is -0.381. The number of ether oxygens (including phenoxy) is 1. The monoisotopic (exact) mass is 339 g/mol. The average molecular weight is 339 g/mol. The molecule has 0 radical (unpaired) electrons. The summed E-state index contributed by atoms with van der Waals surface area (Å²) in [5, 5.41) is 0. The molecule has 25 heavy (non-hydrogen) atoms. The molecule has 0 aliphatic heterocycles. The van der Waals surface area contributed by atoms with Crippen LogP contribution in [-0.2, 0) is 9.53 Å². The summed E-state index contributed by atoms with van der Waals surface area (Å²) < 4.78 is 5.92. The molecular formula is C22H29NO2. The van der Waals surface area contributed by atoms with Gasteiger partial charge >= 0.3 is 5.97 Å². The third-order valence-corrected chi connectivity index (χ3v) is 4.60. The van der Waals surface area contributed by atoms with Crippen molar-refractivity contribution in [3.05, 3.63) is 71.8 Å². The molecule has 1 atom stereocenters. The Bertz CT molecular complexity index is 583. The summed E-state index contributed by atoms with van der Waals surface area (Å²) in [7, 11) is 0. The lowest BCUT2D eigenvalue weighted by Crippen LogP contribution is -2.35. The van der Waals surface area contributed by atoms with Gasteiger partial charge in [0.1, 0.15) is 12.0 Å². The molecule has 3 heteroatoms. The van der Waals surface area contributed by atoms with Crippen LogP contribution in [0.3, 0.4) is 0 Å². The van der Waals surface area contributed by atoms with Crippen LogP contribution in [-0.4, -0.2) is 36.6 Å². The summed E-state index contributed by atoms with van der Waals surface area (Å²) in [4.78, 5) is 15.3. The average Bonchev–Trinajstić information content (AvgIpc) is 2.67. The Morgan fingerprint density at radius 1 is 0.880 bits per heavy atom. The number of hydrogen-bond donors (Lipinski definition) is 0. The van der Waals surface area contributed by atoms with E-state index < -0.39 is 0 Å². The van der Waals surface area contributed by atoms with Gasteiger partial charge in [-0.1, -0.05) is 81.4 Å². The first-order chi connectivity index (χ1) is 12.2. The fourth-order valence-corrected chi connectivity index (χ4v) is 3.01. The molecular weight excluding hydrogens is 310 g/mol. The Balaban J connectivity index is 2.21. The van der Waals surface area contributed by atoms with Gasteiger partial charge < -0.3 is 9.64 Å². The molecule has 0 aliphatic carbocycles. The first kappa shape index (κ1) is 19.2. The number of benzene rings is 2. The summed E-state index contributed by atoms with van der Waals surface area (Å²) in [6, 6.07) is 19.7. The van der Waals surface area contributed by atoms with Crippen LogP contribution in [0.15, 0.2) is 60.7 Å². The summed E-state index contributed by atoms with van der Waals surface area (Å²) in [6.45, 7) is 9.05. The van der Waals surface area contributed by atoms with Crippen molar-refractivity contribution in [2.45, 2.75) is 39.2 Å². The third kappa shape index (κ3) is 5.43. The van der Waals surface area contributed by atoms with Crippen molar-refractivity contribution in [3.8, 4) is 0 Å². The van der Waals surface area contributed by atoms with Gasteiger partial charge in [0.25, 0.3) is 0 Å². The van der Waals surface area contributed by atoms with Crippen molar-refractivity contribution in [2.75, 3.05) is 19.6 Å². The van der Waals surface area contributed by atoms with Crippen LogP contribution in [0.4, 0.5) is 0 Å². The molecule has 0 bridgehead atoms. The zero-order chi connectivity index (χ0) is 18.1. The molecule has 0 spiro atoms. The molecule has 0 saturated carbocycles. The van der Waals surface area contributed by atoms with E-state index in [-0.39, 0.29) is 18.0 Å². The van der Waals surface area contributed by atoms with E-state index in [1.165, 1.54) is 0 Å². The Hall–Kier alpha value is -2.13. The van der Waals surface area contributed by atoms with Crippen molar-refractivity contribution in [1.82, 2.24) is 4.90 Å². The van der Waals surface area contributed by atoms with Gasteiger partial charge in [0, 0.05) is 6.54 Å². The van der Waals surface area contributed by atoms with Gasteiger partial charge in [-0.25, -0.2) is 0 Å². The van der Waals surface area contributed by atoms with Gasteiger partial charge in [0.15, 0.2) is 0 Å². The Kier molecular flexibility index (Phi) is 7.68. The molecule has 2 aromatic rings. The second-order valence-corrected chi connectivity index (χ2v) is 6.21. The predicted octanol–water partition coefficient (Wildman–Crippen LogP) is 4.48. The smallest absolute Gasteiger partial charge is 0.318 e. The van der Waals surface area contributed by atoms with Crippen LogP contribution < -0.4 is 0 Å². The van der Waals surface area contributed by atoms with Gasteiger partial charge in [-0.05, 0) is 30.6 Å². The number of carbonyl (C=O) groups is 1. The van der Waals surface area contributed by atoms with Gasteiger partial charge in [-0.3, -0.25) is 4.79 Å². The zero-order valence-corrected chi connectivity index (χ0v) is 15.5. The fourth-order valence-electron chi connectivity index (χ4n) is 3.01. The molecule has 0 aliphatic rings. The number of nitrogens with zero attached hydrogens (tertiary/aromatic N) is 1. The quantitative estimate of drug-likeness (QED) is 0.631. The van der Waals surface area contributed by atoms with E-state index in [2.05, 4.69) is 25.7 Å². The van der Waals surface area contributed by atoms with E-state index >= 15 is 0 Å². The molecule has 1 unspecified atom stereocenters. The minimum Gasteiger partial charge on any atom is -0.460 e. The lowest BCUT2D eigenvalue weighted by atomic mass is 9.91. The van der Waals surface area contributed by atoms with Crippen molar-refractivity contribution < 1.29 is 9.53 Å². The molecule has 0 heterocycles. The Labute approximate surface area is 151 Å². The van der Waals surface area contributed by atoms with Crippen LogP contribution in [0.2, 0.25) is 0 Å². The second kappa shape index (κ2) is 10.00. The van der Waals surface area contributed by atoms with Crippen LogP contribution >= 0.6 is 0 Å². The van der Waals surface area contributed by atoms with Crippen molar-refractivity contribution in [1.29, 1.82) is 0 Å². The lowest BCUT2D eigenvalue weighted by Gasteiger charge is -2.26. The van der Waals surface area contributed by atoms with Crippen molar-refractivity contribution in [2.24, 2.45) is 0 Å². The van der Waals surface area contributed by atoms with E-state index in [4.69, 9.17) is 4.74 Å². The number of carbonyl (C=O) groups excluding carboxylic acids is 1. The van der Waals surface area contributed by atoms with E-state index in [1.807, 2.05) is 60.7 Å².